The lowest BCUT2D eigenvalue weighted by molar-refractivity contribution is -0.135. The molecular formula is C7H15NO3. The summed E-state index contributed by atoms with van der Waals surface area (Å²) < 4.78 is 0. The minimum atomic E-state index is -0.968. The highest BCUT2D eigenvalue weighted by molar-refractivity contribution is 5.68. The van der Waals surface area contributed by atoms with E-state index < -0.39 is 5.97 Å². The molecule has 0 amide bonds. The Bertz CT molecular complexity index is 110. The number of aliphatic hydroxyl groups is 1. The number of carbonyl (C=O) groups is 1. The fourth-order valence-electron chi connectivity index (χ4n) is 0.904. The summed E-state index contributed by atoms with van der Waals surface area (Å²) in [5.41, 5.74) is 4.57. The number of aliphatic hydroxyl groups excluding tert-OH is 1. The molecular weight excluding hydrogens is 146 g/mol. The lowest BCUT2D eigenvalue weighted by Crippen LogP contribution is -2.10. The van der Waals surface area contributed by atoms with Gasteiger partial charge in [0.05, 0.1) is 12.6 Å². The fourth-order valence-corrected chi connectivity index (χ4v) is 0.904. The Morgan fingerprint density at radius 1 is 1.45 bits per heavy atom. The van der Waals surface area contributed by atoms with Crippen LogP contribution in [0.5, 0.6) is 0 Å². The molecule has 4 heteroatoms. The molecule has 0 aromatic carbocycles. The Hall–Kier alpha value is -0.610. The molecule has 1 aliphatic carbocycles. The van der Waals surface area contributed by atoms with Crippen LogP contribution in [0.4, 0.5) is 0 Å². The Morgan fingerprint density at radius 3 is 1.91 bits per heavy atom. The summed E-state index contributed by atoms with van der Waals surface area (Å²) >= 11 is 0. The van der Waals surface area contributed by atoms with Crippen molar-refractivity contribution in [2.75, 3.05) is 6.54 Å². The molecule has 0 saturated heterocycles. The Morgan fingerprint density at radius 2 is 1.82 bits per heavy atom. The van der Waals surface area contributed by atoms with Crippen molar-refractivity contribution in [3.63, 3.8) is 0 Å². The number of rotatable bonds is 1. The van der Waals surface area contributed by atoms with Crippen molar-refractivity contribution < 1.29 is 15.0 Å². The van der Waals surface area contributed by atoms with Gasteiger partial charge in [0.25, 0.3) is 0 Å². The molecule has 0 atom stereocenters. The number of hydrogen-bond donors (Lipinski definition) is 3. The smallest absolute Gasteiger partial charge is 0.317 e. The molecule has 0 heterocycles. The van der Waals surface area contributed by atoms with Gasteiger partial charge in [-0.15, -0.1) is 0 Å². The second kappa shape index (κ2) is 6.12. The molecule has 0 unspecified atom stereocenters. The first-order valence-electron chi connectivity index (χ1n) is 3.76. The lowest BCUT2D eigenvalue weighted by atomic mass is 10.3. The van der Waals surface area contributed by atoms with Crippen LogP contribution in [-0.4, -0.2) is 28.8 Å². The van der Waals surface area contributed by atoms with Crippen molar-refractivity contribution >= 4 is 5.97 Å². The van der Waals surface area contributed by atoms with E-state index in [0.29, 0.717) is 0 Å². The zero-order chi connectivity index (χ0) is 8.69. The van der Waals surface area contributed by atoms with Gasteiger partial charge in [0, 0.05) is 0 Å². The van der Waals surface area contributed by atoms with Crippen LogP contribution in [0.2, 0.25) is 0 Å². The van der Waals surface area contributed by atoms with Gasteiger partial charge in [0.2, 0.25) is 0 Å². The SMILES string of the molecule is NCC(=O)O.OC1CCCC1. The zero-order valence-corrected chi connectivity index (χ0v) is 6.49. The maximum absolute atomic E-state index is 9.24. The topological polar surface area (TPSA) is 83.6 Å². The summed E-state index contributed by atoms with van der Waals surface area (Å²) in [6, 6.07) is 0. The van der Waals surface area contributed by atoms with Gasteiger partial charge < -0.3 is 15.9 Å². The Kier molecular flexibility index (Phi) is 5.78. The molecule has 0 aromatic rings. The standard InChI is InChI=1S/C5H10O.C2H5NO2/c6-5-3-1-2-4-5;3-1-2(4)5/h5-6H,1-4H2;1,3H2,(H,4,5). The Labute approximate surface area is 66.0 Å². The maximum Gasteiger partial charge on any atom is 0.317 e. The number of aliphatic carboxylic acids is 1. The molecule has 0 radical (unpaired) electrons. The number of hydrogen-bond acceptors (Lipinski definition) is 3. The van der Waals surface area contributed by atoms with Crippen LogP contribution in [0.1, 0.15) is 25.7 Å². The Balaban J connectivity index is 0.000000187. The van der Waals surface area contributed by atoms with Crippen molar-refractivity contribution in [1.82, 2.24) is 0 Å². The van der Waals surface area contributed by atoms with Crippen LogP contribution in [0.15, 0.2) is 0 Å². The van der Waals surface area contributed by atoms with Crippen molar-refractivity contribution in [1.29, 1.82) is 0 Å². The number of nitrogens with two attached hydrogens (primary N) is 1. The van der Waals surface area contributed by atoms with Crippen molar-refractivity contribution in [3.05, 3.63) is 0 Å². The summed E-state index contributed by atoms with van der Waals surface area (Å²) in [4.78, 5) is 9.24. The molecule has 1 rings (SSSR count). The van der Waals surface area contributed by atoms with E-state index in [-0.39, 0.29) is 12.6 Å². The molecule has 1 fully saturated rings. The molecule has 66 valence electrons. The van der Waals surface area contributed by atoms with Gasteiger partial charge in [0.15, 0.2) is 0 Å². The predicted molar refractivity (Wildman–Crippen MR) is 41.2 cm³/mol. The summed E-state index contributed by atoms with van der Waals surface area (Å²) in [6.07, 6.45) is 4.60. The molecule has 4 nitrogen and oxygen atoms in total. The van der Waals surface area contributed by atoms with E-state index in [2.05, 4.69) is 5.73 Å². The molecule has 4 N–H and O–H groups in total. The first-order chi connectivity index (χ1) is 5.16. The number of carboxylic acid groups (broad SMARTS) is 1. The van der Waals surface area contributed by atoms with Crippen molar-refractivity contribution in [3.8, 4) is 0 Å². The minimum absolute atomic E-state index is 0.0463. The number of carboxylic acids is 1. The average molecular weight is 161 g/mol. The third-order valence-electron chi connectivity index (χ3n) is 1.50. The van der Waals surface area contributed by atoms with Crippen molar-refractivity contribution in [2.45, 2.75) is 31.8 Å². The summed E-state index contributed by atoms with van der Waals surface area (Å²) in [6.45, 7) is -0.278. The molecule has 0 spiro atoms. The third-order valence-corrected chi connectivity index (χ3v) is 1.50. The fraction of sp³-hybridized carbons (Fsp3) is 0.857. The van der Waals surface area contributed by atoms with Crippen LogP contribution >= 0.6 is 0 Å². The molecule has 0 aliphatic heterocycles. The molecule has 11 heavy (non-hydrogen) atoms. The lowest BCUT2D eigenvalue weighted by Gasteiger charge is -1.91. The van der Waals surface area contributed by atoms with Gasteiger partial charge in [0.1, 0.15) is 0 Å². The van der Waals surface area contributed by atoms with Crippen LogP contribution < -0.4 is 5.73 Å². The molecule has 0 bridgehead atoms. The van der Waals surface area contributed by atoms with Crippen LogP contribution in [0, 0.1) is 0 Å². The monoisotopic (exact) mass is 161 g/mol. The van der Waals surface area contributed by atoms with E-state index >= 15 is 0 Å². The highest BCUT2D eigenvalue weighted by atomic mass is 16.4. The largest absolute Gasteiger partial charge is 0.480 e. The summed E-state index contributed by atoms with van der Waals surface area (Å²) in [5.74, 6) is -0.968. The van der Waals surface area contributed by atoms with E-state index in [1.54, 1.807) is 0 Å². The van der Waals surface area contributed by atoms with Crippen LogP contribution in [0.3, 0.4) is 0 Å². The second-order valence-corrected chi connectivity index (χ2v) is 2.54. The maximum atomic E-state index is 9.24. The van der Waals surface area contributed by atoms with Crippen molar-refractivity contribution in [2.24, 2.45) is 5.73 Å². The zero-order valence-electron chi connectivity index (χ0n) is 6.49. The summed E-state index contributed by atoms with van der Waals surface area (Å²) in [5, 5.41) is 16.3. The molecule has 1 saturated carbocycles. The second-order valence-electron chi connectivity index (χ2n) is 2.54. The van der Waals surface area contributed by atoms with Crippen LogP contribution in [-0.2, 0) is 4.79 Å². The normalized spacial score (nSPS) is 17.3. The first-order valence-corrected chi connectivity index (χ1v) is 3.76. The van der Waals surface area contributed by atoms with E-state index in [0.717, 1.165) is 12.8 Å². The van der Waals surface area contributed by atoms with E-state index in [9.17, 15) is 4.79 Å². The highest BCUT2D eigenvalue weighted by Crippen LogP contribution is 2.16. The van der Waals surface area contributed by atoms with Gasteiger partial charge in [-0.3, -0.25) is 4.79 Å². The van der Waals surface area contributed by atoms with Gasteiger partial charge in [-0.25, -0.2) is 0 Å². The third kappa shape index (κ3) is 7.29. The van der Waals surface area contributed by atoms with Gasteiger partial charge in [-0.05, 0) is 12.8 Å². The molecule has 0 aromatic heterocycles. The quantitative estimate of drug-likeness (QED) is 0.503. The summed E-state index contributed by atoms with van der Waals surface area (Å²) in [7, 11) is 0. The minimum Gasteiger partial charge on any atom is -0.480 e. The van der Waals surface area contributed by atoms with Gasteiger partial charge in [-0.2, -0.15) is 0 Å². The first kappa shape index (κ1) is 10.4. The predicted octanol–water partition coefficient (Wildman–Crippen LogP) is -0.0490. The van der Waals surface area contributed by atoms with Gasteiger partial charge >= 0.3 is 5.97 Å². The average Bonchev–Trinajstić information content (AvgIpc) is 2.41. The van der Waals surface area contributed by atoms with Gasteiger partial charge in [-0.1, -0.05) is 12.8 Å². The van der Waals surface area contributed by atoms with E-state index in [4.69, 9.17) is 10.2 Å². The van der Waals surface area contributed by atoms with Crippen LogP contribution in [0.25, 0.3) is 0 Å². The highest BCUT2D eigenvalue weighted by Gasteiger charge is 2.09. The molecule has 1 aliphatic rings. The van der Waals surface area contributed by atoms with E-state index in [1.807, 2.05) is 0 Å². The van der Waals surface area contributed by atoms with E-state index in [1.165, 1.54) is 12.8 Å².